The van der Waals surface area contributed by atoms with Crippen molar-refractivity contribution >= 4 is 11.9 Å². The summed E-state index contributed by atoms with van der Waals surface area (Å²) >= 11 is 0. The van der Waals surface area contributed by atoms with Crippen LogP contribution < -0.4 is 0 Å². The molecule has 11 heteroatoms. The number of pyridine rings is 1. The summed E-state index contributed by atoms with van der Waals surface area (Å²) in [5, 5.41) is 12.0. The van der Waals surface area contributed by atoms with Gasteiger partial charge in [-0.25, -0.2) is 4.79 Å². The van der Waals surface area contributed by atoms with Gasteiger partial charge >= 0.3 is 12.1 Å². The van der Waals surface area contributed by atoms with Gasteiger partial charge in [0.15, 0.2) is 0 Å². The summed E-state index contributed by atoms with van der Waals surface area (Å²) in [5.41, 5.74) is 5.52. The van der Waals surface area contributed by atoms with Gasteiger partial charge in [0.1, 0.15) is 0 Å². The third kappa shape index (κ3) is 5.07. The summed E-state index contributed by atoms with van der Waals surface area (Å²) in [5.74, 6) is -2.25. The second-order valence-electron chi connectivity index (χ2n) is 8.12. The fraction of sp³-hybridized carbons (Fsp3) is 0.364. The molecule has 5 rings (SSSR count). The molecule has 0 spiro atoms. The van der Waals surface area contributed by atoms with Crippen LogP contribution in [0, 0.1) is 5.92 Å². The lowest BCUT2D eigenvalue weighted by Crippen LogP contribution is -2.31. The van der Waals surface area contributed by atoms with E-state index in [2.05, 4.69) is 34.1 Å². The van der Waals surface area contributed by atoms with E-state index < -0.39 is 12.1 Å². The minimum atomic E-state index is -5.08. The van der Waals surface area contributed by atoms with Crippen LogP contribution in [-0.4, -0.2) is 47.4 Å². The second-order valence-corrected chi connectivity index (χ2v) is 8.12. The fourth-order valence-electron chi connectivity index (χ4n) is 3.73. The van der Waals surface area contributed by atoms with Crippen LogP contribution in [0.3, 0.4) is 0 Å². The quantitative estimate of drug-likeness (QED) is 0.647. The van der Waals surface area contributed by atoms with E-state index in [0.29, 0.717) is 19.6 Å². The van der Waals surface area contributed by atoms with Crippen LogP contribution in [0.15, 0.2) is 43.0 Å². The van der Waals surface area contributed by atoms with Gasteiger partial charge in [-0.15, -0.1) is 0 Å². The summed E-state index contributed by atoms with van der Waals surface area (Å²) < 4.78 is 35.8. The molecule has 0 atom stereocenters. The maximum Gasteiger partial charge on any atom is 0.490 e. The fourth-order valence-corrected chi connectivity index (χ4v) is 3.73. The van der Waals surface area contributed by atoms with E-state index in [1.807, 2.05) is 28.9 Å². The third-order valence-electron chi connectivity index (χ3n) is 5.54. The highest BCUT2D eigenvalue weighted by Crippen LogP contribution is 2.36. The molecular formula is C22H22F3N5O3. The van der Waals surface area contributed by atoms with E-state index in [0.717, 1.165) is 40.9 Å². The van der Waals surface area contributed by atoms with Crippen molar-refractivity contribution in [2.75, 3.05) is 0 Å². The van der Waals surface area contributed by atoms with Crippen molar-refractivity contribution in [3.63, 3.8) is 0 Å². The van der Waals surface area contributed by atoms with Crippen molar-refractivity contribution in [1.82, 2.24) is 24.2 Å². The molecule has 1 aliphatic heterocycles. The Balaban J connectivity index is 0.000000325. The van der Waals surface area contributed by atoms with Crippen molar-refractivity contribution in [2.24, 2.45) is 13.0 Å². The number of carboxylic acid groups (broad SMARTS) is 1. The van der Waals surface area contributed by atoms with Gasteiger partial charge in [0, 0.05) is 61.1 Å². The topological polar surface area (TPSA) is 93.3 Å². The molecule has 8 nitrogen and oxygen atoms in total. The zero-order valence-electron chi connectivity index (χ0n) is 17.8. The Morgan fingerprint density at radius 3 is 2.55 bits per heavy atom. The van der Waals surface area contributed by atoms with Crippen LogP contribution in [0.1, 0.15) is 29.7 Å². The van der Waals surface area contributed by atoms with Crippen molar-refractivity contribution < 1.29 is 27.9 Å². The average Bonchev–Trinajstić information content (AvgIpc) is 3.48. The Morgan fingerprint density at radius 2 is 1.94 bits per heavy atom. The predicted molar refractivity (Wildman–Crippen MR) is 111 cm³/mol. The summed E-state index contributed by atoms with van der Waals surface area (Å²) in [7, 11) is 2.04. The molecule has 0 aromatic carbocycles. The highest BCUT2D eigenvalue weighted by molar-refractivity contribution is 5.82. The summed E-state index contributed by atoms with van der Waals surface area (Å²) in [4.78, 5) is 27.8. The molecule has 0 unspecified atom stereocenters. The SMILES string of the molecule is Cn1ccc2c1CN(C(=O)C1CC1)Cc1cn(Cc3cccnc3)nc1-2.O=C(O)C(F)(F)F. The molecule has 174 valence electrons. The zero-order valence-corrected chi connectivity index (χ0v) is 17.8. The number of hydrogen-bond donors (Lipinski definition) is 1. The molecule has 33 heavy (non-hydrogen) atoms. The van der Waals surface area contributed by atoms with Crippen LogP contribution >= 0.6 is 0 Å². The van der Waals surface area contributed by atoms with E-state index >= 15 is 0 Å². The van der Waals surface area contributed by atoms with Crippen molar-refractivity contribution in [1.29, 1.82) is 0 Å². The molecule has 3 aromatic heterocycles. The highest BCUT2D eigenvalue weighted by Gasteiger charge is 2.38. The number of carbonyl (C=O) groups is 2. The maximum absolute atomic E-state index is 12.7. The molecule has 1 saturated carbocycles. The first kappa shape index (κ1) is 22.6. The second kappa shape index (κ2) is 8.72. The van der Waals surface area contributed by atoms with E-state index in [-0.39, 0.29) is 11.8 Å². The molecule has 1 aliphatic carbocycles. The molecule has 1 fully saturated rings. The number of halogens is 3. The standard InChI is InChI=1S/C20H21N5O.C2HF3O2/c1-23-8-6-17-18(23)13-24(20(26)15-4-5-15)11-16-12-25(22-19(16)17)10-14-3-2-7-21-9-14;3-2(4,5)1(6)7/h2-3,6-9,12,15H,4-5,10-11,13H2,1H3;(H,6,7). The normalized spacial score (nSPS) is 15.1. The van der Waals surface area contributed by atoms with E-state index in [1.54, 1.807) is 6.20 Å². The predicted octanol–water partition coefficient (Wildman–Crippen LogP) is 3.22. The highest BCUT2D eigenvalue weighted by atomic mass is 19.4. The number of rotatable bonds is 3. The van der Waals surface area contributed by atoms with Gasteiger partial charge in [0.05, 0.1) is 18.8 Å². The Kier molecular flexibility index (Phi) is 5.96. The van der Waals surface area contributed by atoms with Gasteiger partial charge < -0.3 is 14.6 Å². The number of aromatic nitrogens is 4. The van der Waals surface area contributed by atoms with E-state index in [4.69, 9.17) is 15.0 Å². The number of amides is 1. The molecule has 1 N–H and O–H groups in total. The van der Waals surface area contributed by atoms with Crippen molar-refractivity contribution in [3.05, 3.63) is 59.8 Å². The number of carbonyl (C=O) groups excluding carboxylic acids is 1. The molecule has 4 heterocycles. The monoisotopic (exact) mass is 461 g/mol. The average molecular weight is 461 g/mol. The van der Waals surface area contributed by atoms with Crippen LogP contribution in [0.4, 0.5) is 13.2 Å². The number of alkyl halides is 3. The number of aryl methyl sites for hydroxylation is 1. The van der Waals surface area contributed by atoms with E-state index in [9.17, 15) is 18.0 Å². The molecule has 0 radical (unpaired) electrons. The van der Waals surface area contributed by atoms with Gasteiger partial charge in [-0.3, -0.25) is 14.5 Å². The van der Waals surface area contributed by atoms with Crippen molar-refractivity contribution in [2.45, 2.75) is 38.7 Å². The zero-order chi connectivity index (χ0) is 23.8. The molecule has 1 amide bonds. The number of hydrogen-bond acceptors (Lipinski definition) is 4. The smallest absolute Gasteiger partial charge is 0.475 e. The number of fused-ring (bicyclic) bond motifs is 3. The number of aliphatic carboxylic acids is 1. The number of carboxylic acids is 1. The molecule has 3 aromatic rings. The summed E-state index contributed by atoms with van der Waals surface area (Å²) in [6.07, 6.45) is 4.76. The minimum Gasteiger partial charge on any atom is -0.475 e. The van der Waals surface area contributed by atoms with Crippen LogP contribution in [0.2, 0.25) is 0 Å². The number of nitrogens with zero attached hydrogens (tertiary/aromatic N) is 5. The van der Waals surface area contributed by atoms with E-state index in [1.165, 1.54) is 0 Å². The lowest BCUT2D eigenvalue weighted by molar-refractivity contribution is -0.192. The Bertz CT molecular complexity index is 1170. The Hall–Kier alpha value is -3.63. The first-order chi connectivity index (χ1) is 15.6. The van der Waals surface area contributed by atoms with Gasteiger partial charge in [0.2, 0.25) is 5.91 Å². The van der Waals surface area contributed by atoms with Gasteiger partial charge in [0.25, 0.3) is 0 Å². The summed E-state index contributed by atoms with van der Waals surface area (Å²) in [6.45, 7) is 1.97. The molecular weight excluding hydrogens is 439 g/mol. The molecule has 0 bridgehead atoms. The van der Waals surface area contributed by atoms with Crippen LogP contribution in [-0.2, 0) is 36.3 Å². The Morgan fingerprint density at radius 1 is 1.21 bits per heavy atom. The lowest BCUT2D eigenvalue weighted by Gasteiger charge is -2.21. The first-order valence-corrected chi connectivity index (χ1v) is 10.3. The van der Waals surface area contributed by atoms with Gasteiger partial charge in [-0.2, -0.15) is 18.3 Å². The largest absolute Gasteiger partial charge is 0.490 e. The minimum absolute atomic E-state index is 0.228. The maximum atomic E-state index is 12.7. The van der Waals surface area contributed by atoms with Gasteiger partial charge in [-0.05, 0) is 30.5 Å². The summed E-state index contributed by atoms with van der Waals surface area (Å²) in [6, 6.07) is 6.10. The lowest BCUT2D eigenvalue weighted by atomic mass is 10.1. The molecule has 2 aliphatic rings. The third-order valence-corrected chi connectivity index (χ3v) is 5.54. The first-order valence-electron chi connectivity index (χ1n) is 10.3. The van der Waals surface area contributed by atoms with Crippen LogP contribution in [0.25, 0.3) is 11.3 Å². The van der Waals surface area contributed by atoms with Crippen molar-refractivity contribution in [3.8, 4) is 11.3 Å². The van der Waals surface area contributed by atoms with Gasteiger partial charge in [-0.1, -0.05) is 6.07 Å². The molecule has 0 saturated heterocycles. The van der Waals surface area contributed by atoms with Crippen LogP contribution in [0.5, 0.6) is 0 Å². The Labute approximate surface area is 187 Å².